The molecule has 1 aromatic heterocycles. The van der Waals surface area contributed by atoms with Crippen LogP contribution < -0.4 is 0 Å². The Labute approximate surface area is 105 Å². The molecule has 0 saturated heterocycles. The lowest BCUT2D eigenvalue weighted by Gasteiger charge is -2.00. The third-order valence-corrected chi connectivity index (χ3v) is 3.97. The van der Waals surface area contributed by atoms with Gasteiger partial charge in [-0.3, -0.25) is 4.79 Å². The normalized spacial score (nSPS) is 10.8. The van der Waals surface area contributed by atoms with E-state index in [1.165, 1.54) is 0 Å². The topological polar surface area (TPSA) is 39.2 Å². The summed E-state index contributed by atoms with van der Waals surface area (Å²) < 4.78 is 4.85. The Balaban J connectivity index is 2.29. The molecule has 0 aromatic carbocycles. The van der Waals surface area contributed by atoms with Crippen LogP contribution in [0.3, 0.4) is 0 Å². The highest BCUT2D eigenvalue weighted by Gasteiger charge is 2.07. The van der Waals surface area contributed by atoms with Crippen molar-refractivity contribution in [2.45, 2.75) is 32.4 Å². The number of thiazole rings is 1. The summed E-state index contributed by atoms with van der Waals surface area (Å²) >= 11 is 3.24. The Hall–Kier alpha value is -0.550. The number of ether oxygens (including phenoxy) is 1. The van der Waals surface area contributed by atoms with Crippen molar-refractivity contribution in [3.05, 3.63) is 16.1 Å². The molecule has 0 saturated carbocycles. The van der Waals surface area contributed by atoms with Crippen LogP contribution in [0, 0.1) is 0 Å². The lowest BCUT2D eigenvalue weighted by atomic mass is 10.2. The van der Waals surface area contributed by atoms with Gasteiger partial charge in [0.2, 0.25) is 0 Å². The van der Waals surface area contributed by atoms with Crippen molar-refractivity contribution in [3.63, 3.8) is 0 Å². The van der Waals surface area contributed by atoms with Crippen molar-refractivity contribution in [1.82, 2.24) is 4.98 Å². The summed E-state index contributed by atoms with van der Waals surface area (Å²) in [6, 6.07) is 0. The molecule has 0 radical (unpaired) electrons. The second kappa shape index (κ2) is 6.91. The van der Waals surface area contributed by atoms with Crippen molar-refractivity contribution in [1.29, 1.82) is 0 Å². The summed E-state index contributed by atoms with van der Waals surface area (Å²) in [5, 5.41) is 3.22. The molecule has 0 atom stereocenters. The number of thioether (sulfide) groups is 1. The molecule has 0 bridgehead atoms. The van der Waals surface area contributed by atoms with Gasteiger partial charge in [0, 0.05) is 17.1 Å². The largest absolute Gasteiger partial charge is 0.465 e. The first-order valence-corrected chi connectivity index (χ1v) is 7.34. The molecule has 0 aliphatic carbocycles. The highest BCUT2D eigenvalue weighted by atomic mass is 32.2. The van der Waals surface area contributed by atoms with Gasteiger partial charge in [0.05, 0.1) is 23.1 Å². The summed E-state index contributed by atoms with van der Waals surface area (Å²) in [4.78, 5) is 15.6. The van der Waals surface area contributed by atoms with Gasteiger partial charge in [-0.2, -0.15) is 0 Å². The molecule has 90 valence electrons. The fourth-order valence-corrected chi connectivity index (χ4v) is 2.75. The van der Waals surface area contributed by atoms with Gasteiger partial charge in [-0.25, -0.2) is 4.98 Å². The minimum Gasteiger partial charge on any atom is -0.465 e. The highest BCUT2D eigenvalue weighted by molar-refractivity contribution is 7.99. The Morgan fingerprint density at radius 3 is 2.94 bits per heavy atom. The Morgan fingerprint density at radius 2 is 2.38 bits per heavy atom. The van der Waals surface area contributed by atoms with Gasteiger partial charge in [0.15, 0.2) is 0 Å². The maximum Gasteiger partial charge on any atom is 0.315 e. The molecule has 3 nitrogen and oxygen atoms in total. The molecule has 5 heteroatoms. The van der Waals surface area contributed by atoms with E-state index in [4.69, 9.17) is 4.74 Å². The maximum atomic E-state index is 11.1. The van der Waals surface area contributed by atoms with Crippen LogP contribution in [0.25, 0.3) is 0 Å². The van der Waals surface area contributed by atoms with E-state index in [2.05, 4.69) is 24.2 Å². The molecule has 0 N–H and O–H groups in total. The van der Waals surface area contributed by atoms with Crippen LogP contribution in [0.4, 0.5) is 0 Å². The highest BCUT2D eigenvalue weighted by Crippen LogP contribution is 2.21. The quantitative estimate of drug-likeness (QED) is 0.736. The lowest BCUT2D eigenvalue weighted by molar-refractivity contribution is -0.139. The van der Waals surface area contributed by atoms with Gasteiger partial charge in [-0.05, 0) is 6.92 Å². The lowest BCUT2D eigenvalue weighted by Crippen LogP contribution is -2.06. The minimum absolute atomic E-state index is 0.146. The Bertz CT molecular complexity index is 336. The molecule has 0 amide bonds. The van der Waals surface area contributed by atoms with Crippen LogP contribution in [0.1, 0.15) is 37.4 Å². The fraction of sp³-hybridized carbons (Fsp3) is 0.636. The number of nitrogens with zero attached hydrogens (tertiary/aromatic N) is 1. The smallest absolute Gasteiger partial charge is 0.315 e. The molecule has 1 aromatic rings. The third-order valence-electron chi connectivity index (χ3n) is 1.84. The van der Waals surface area contributed by atoms with E-state index in [1.807, 2.05) is 6.92 Å². The van der Waals surface area contributed by atoms with E-state index >= 15 is 0 Å². The summed E-state index contributed by atoms with van der Waals surface area (Å²) in [6.07, 6.45) is 0. The van der Waals surface area contributed by atoms with Gasteiger partial charge in [-0.15, -0.1) is 23.1 Å². The van der Waals surface area contributed by atoms with Crippen molar-refractivity contribution < 1.29 is 9.53 Å². The van der Waals surface area contributed by atoms with Crippen molar-refractivity contribution in [2.24, 2.45) is 0 Å². The van der Waals surface area contributed by atoms with Crippen LogP contribution in [-0.4, -0.2) is 23.3 Å². The molecule has 1 rings (SSSR count). The minimum atomic E-state index is -0.146. The van der Waals surface area contributed by atoms with E-state index in [9.17, 15) is 4.79 Å². The second-order valence-corrected chi connectivity index (χ2v) is 5.50. The van der Waals surface area contributed by atoms with Crippen LogP contribution >= 0.6 is 23.1 Å². The molecular formula is C11H17NO2S2. The van der Waals surface area contributed by atoms with E-state index in [-0.39, 0.29) is 5.97 Å². The number of rotatable bonds is 6. The van der Waals surface area contributed by atoms with Gasteiger partial charge in [0.25, 0.3) is 0 Å². The Kier molecular flexibility index (Phi) is 5.84. The third kappa shape index (κ3) is 4.53. The number of carbonyl (C=O) groups excluding carboxylic acids is 1. The molecule has 0 aliphatic heterocycles. The van der Waals surface area contributed by atoms with E-state index in [1.54, 1.807) is 23.1 Å². The molecule has 16 heavy (non-hydrogen) atoms. The predicted octanol–water partition coefficient (Wildman–Crippen LogP) is 3.06. The summed E-state index contributed by atoms with van der Waals surface area (Å²) in [6.45, 7) is 6.54. The predicted molar refractivity (Wildman–Crippen MR) is 69.0 cm³/mol. The van der Waals surface area contributed by atoms with E-state index in [0.29, 0.717) is 18.3 Å². The van der Waals surface area contributed by atoms with Gasteiger partial charge < -0.3 is 4.74 Å². The summed E-state index contributed by atoms with van der Waals surface area (Å²) in [5.74, 6) is 1.52. The number of hydrogen-bond donors (Lipinski definition) is 0. The van der Waals surface area contributed by atoms with Gasteiger partial charge >= 0.3 is 5.97 Å². The van der Waals surface area contributed by atoms with Crippen molar-refractivity contribution >= 4 is 29.1 Å². The Morgan fingerprint density at radius 1 is 1.62 bits per heavy atom. The average molecular weight is 259 g/mol. The first-order valence-electron chi connectivity index (χ1n) is 5.31. The van der Waals surface area contributed by atoms with Crippen LogP contribution in [0.2, 0.25) is 0 Å². The van der Waals surface area contributed by atoms with Crippen molar-refractivity contribution in [2.75, 3.05) is 12.4 Å². The number of aromatic nitrogens is 1. The summed E-state index contributed by atoms with van der Waals surface area (Å²) in [7, 11) is 0. The second-order valence-electron chi connectivity index (χ2n) is 3.63. The molecule has 1 heterocycles. The molecule has 0 unspecified atom stereocenters. The van der Waals surface area contributed by atoms with E-state index in [0.717, 1.165) is 16.5 Å². The molecule has 0 fully saturated rings. The molecule has 0 aliphatic rings. The molecular weight excluding hydrogens is 242 g/mol. The number of carbonyl (C=O) groups is 1. The van der Waals surface area contributed by atoms with Crippen LogP contribution in [0.15, 0.2) is 5.38 Å². The summed E-state index contributed by atoms with van der Waals surface area (Å²) in [5.41, 5.74) is 1.06. The number of esters is 1. The standard InChI is InChI=1S/C11H17NO2S2/c1-4-14-10(13)7-15-5-9-6-16-11(12-9)8(2)3/h6,8H,4-5,7H2,1-3H3. The van der Waals surface area contributed by atoms with Gasteiger partial charge in [0.1, 0.15) is 0 Å². The zero-order valence-electron chi connectivity index (χ0n) is 9.86. The number of hydrogen-bond acceptors (Lipinski definition) is 5. The van der Waals surface area contributed by atoms with Crippen LogP contribution in [0.5, 0.6) is 0 Å². The first kappa shape index (κ1) is 13.5. The average Bonchev–Trinajstić information content (AvgIpc) is 2.67. The zero-order valence-corrected chi connectivity index (χ0v) is 11.5. The zero-order chi connectivity index (χ0) is 12.0. The van der Waals surface area contributed by atoms with Crippen molar-refractivity contribution in [3.8, 4) is 0 Å². The SMILES string of the molecule is CCOC(=O)CSCc1csc(C(C)C)n1. The monoisotopic (exact) mass is 259 g/mol. The maximum absolute atomic E-state index is 11.1. The van der Waals surface area contributed by atoms with Gasteiger partial charge in [-0.1, -0.05) is 13.8 Å². The first-order chi connectivity index (χ1) is 7.63. The van der Waals surface area contributed by atoms with E-state index < -0.39 is 0 Å². The molecule has 0 spiro atoms. The fourth-order valence-electron chi connectivity index (χ4n) is 1.10. The van der Waals surface area contributed by atoms with Crippen LogP contribution in [-0.2, 0) is 15.3 Å².